The van der Waals surface area contributed by atoms with Gasteiger partial charge in [0.2, 0.25) is 0 Å². The standard InChI is InChI=1S/C15H10Cl2FN3/c16-8-4-9(17)6-10(5-8)21-15-12(18)7-13(19)11-2-1-3-20-14(11)15/h1-7,21H,19H2. The van der Waals surface area contributed by atoms with Gasteiger partial charge in [0.15, 0.2) is 5.82 Å². The monoisotopic (exact) mass is 321 g/mol. The van der Waals surface area contributed by atoms with Crippen LogP contribution in [0.15, 0.2) is 42.6 Å². The van der Waals surface area contributed by atoms with Gasteiger partial charge in [-0.05, 0) is 36.4 Å². The first-order valence-corrected chi connectivity index (χ1v) is 6.86. The van der Waals surface area contributed by atoms with E-state index in [9.17, 15) is 4.39 Å². The molecule has 0 unspecified atom stereocenters. The number of hydrogen-bond donors (Lipinski definition) is 2. The van der Waals surface area contributed by atoms with Gasteiger partial charge in [-0.1, -0.05) is 23.2 Å². The number of halogens is 3. The molecular formula is C15H10Cl2FN3. The Morgan fingerprint density at radius 2 is 1.81 bits per heavy atom. The second-order valence-corrected chi connectivity index (χ2v) is 5.38. The number of aromatic nitrogens is 1. The number of nitrogens with zero attached hydrogens (tertiary/aromatic N) is 1. The summed E-state index contributed by atoms with van der Waals surface area (Å²) in [4.78, 5) is 4.20. The Kier molecular flexibility index (Phi) is 3.57. The van der Waals surface area contributed by atoms with Gasteiger partial charge in [0.05, 0.1) is 5.52 Å². The molecule has 3 rings (SSSR count). The Morgan fingerprint density at radius 3 is 2.52 bits per heavy atom. The summed E-state index contributed by atoms with van der Waals surface area (Å²) in [6.45, 7) is 0. The minimum Gasteiger partial charge on any atom is -0.398 e. The molecule has 0 aliphatic carbocycles. The maximum Gasteiger partial charge on any atom is 0.150 e. The Morgan fingerprint density at radius 1 is 1.10 bits per heavy atom. The average Bonchev–Trinajstić information content (AvgIpc) is 2.42. The van der Waals surface area contributed by atoms with Gasteiger partial charge in [-0.15, -0.1) is 0 Å². The van der Waals surface area contributed by atoms with Gasteiger partial charge in [0, 0.05) is 33.0 Å². The molecule has 0 aliphatic heterocycles. The molecule has 0 saturated heterocycles. The van der Waals surface area contributed by atoms with Crippen LogP contribution >= 0.6 is 23.2 Å². The minimum atomic E-state index is -0.491. The zero-order chi connectivity index (χ0) is 15.0. The summed E-state index contributed by atoms with van der Waals surface area (Å²) in [5, 5.41) is 4.55. The summed E-state index contributed by atoms with van der Waals surface area (Å²) in [6.07, 6.45) is 1.58. The molecule has 3 nitrogen and oxygen atoms in total. The van der Waals surface area contributed by atoms with Crippen molar-refractivity contribution in [2.75, 3.05) is 11.1 Å². The molecule has 21 heavy (non-hydrogen) atoms. The Balaban J connectivity index is 2.16. The topological polar surface area (TPSA) is 50.9 Å². The second kappa shape index (κ2) is 5.39. The van der Waals surface area contributed by atoms with Crippen LogP contribution in [0.25, 0.3) is 10.9 Å². The molecule has 1 heterocycles. The number of pyridine rings is 1. The van der Waals surface area contributed by atoms with Crippen molar-refractivity contribution in [1.29, 1.82) is 0 Å². The second-order valence-electron chi connectivity index (χ2n) is 4.51. The zero-order valence-electron chi connectivity index (χ0n) is 10.7. The van der Waals surface area contributed by atoms with E-state index in [-0.39, 0.29) is 5.69 Å². The van der Waals surface area contributed by atoms with Crippen LogP contribution in [0.1, 0.15) is 0 Å². The third kappa shape index (κ3) is 2.73. The highest BCUT2D eigenvalue weighted by atomic mass is 35.5. The van der Waals surface area contributed by atoms with Crippen molar-refractivity contribution in [1.82, 2.24) is 4.98 Å². The van der Waals surface area contributed by atoms with Crippen molar-refractivity contribution in [3.63, 3.8) is 0 Å². The molecule has 0 bridgehead atoms. The highest BCUT2D eigenvalue weighted by Crippen LogP contribution is 2.33. The van der Waals surface area contributed by atoms with Crippen molar-refractivity contribution >= 4 is 51.2 Å². The number of nitrogens with one attached hydrogen (secondary N) is 1. The molecule has 0 atom stereocenters. The molecule has 0 fully saturated rings. The predicted octanol–water partition coefficient (Wildman–Crippen LogP) is 5.01. The van der Waals surface area contributed by atoms with Crippen LogP contribution < -0.4 is 11.1 Å². The summed E-state index contributed by atoms with van der Waals surface area (Å²) in [5.74, 6) is -0.491. The van der Waals surface area contributed by atoms with Crippen molar-refractivity contribution in [3.8, 4) is 0 Å². The van der Waals surface area contributed by atoms with Crippen molar-refractivity contribution in [2.45, 2.75) is 0 Å². The third-order valence-corrected chi connectivity index (χ3v) is 3.44. The van der Waals surface area contributed by atoms with Gasteiger partial charge < -0.3 is 11.1 Å². The van der Waals surface area contributed by atoms with Gasteiger partial charge in [-0.25, -0.2) is 4.39 Å². The first-order valence-electron chi connectivity index (χ1n) is 6.10. The molecular weight excluding hydrogens is 312 g/mol. The maximum absolute atomic E-state index is 14.2. The van der Waals surface area contributed by atoms with Crippen LogP contribution in [0.2, 0.25) is 10.0 Å². The lowest BCUT2D eigenvalue weighted by atomic mass is 10.1. The SMILES string of the molecule is Nc1cc(F)c(Nc2cc(Cl)cc(Cl)c2)c2ncccc12. The number of nitrogen functional groups attached to an aromatic ring is 1. The first kappa shape index (κ1) is 13.9. The molecule has 0 saturated carbocycles. The minimum absolute atomic E-state index is 0.234. The Hall–Kier alpha value is -2.04. The summed E-state index contributed by atoms with van der Waals surface area (Å²) in [7, 11) is 0. The zero-order valence-corrected chi connectivity index (χ0v) is 12.2. The van der Waals surface area contributed by atoms with Crippen LogP contribution in [0.5, 0.6) is 0 Å². The van der Waals surface area contributed by atoms with E-state index < -0.39 is 5.82 Å². The fourth-order valence-electron chi connectivity index (χ4n) is 2.13. The van der Waals surface area contributed by atoms with Crippen LogP contribution in [-0.2, 0) is 0 Å². The molecule has 6 heteroatoms. The fraction of sp³-hybridized carbons (Fsp3) is 0. The van der Waals surface area contributed by atoms with Crippen molar-refractivity contribution in [2.24, 2.45) is 0 Å². The van der Waals surface area contributed by atoms with Crippen LogP contribution in [0, 0.1) is 5.82 Å². The van der Waals surface area contributed by atoms with E-state index in [0.29, 0.717) is 32.3 Å². The molecule has 0 spiro atoms. The predicted molar refractivity (Wildman–Crippen MR) is 85.9 cm³/mol. The summed E-state index contributed by atoms with van der Waals surface area (Å²) in [5.41, 5.74) is 7.41. The molecule has 0 radical (unpaired) electrons. The van der Waals surface area contributed by atoms with E-state index in [1.807, 2.05) is 0 Å². The summed E-state index contributed by atoms with van der Waals surface area (Å²) < 4.78 is 14.2. The Bertz CT molecular complexity index is 816. The lowest BCUT2D eigenvalue weighted by molar-refractivity contribution is 0.634. The van der Waals surface area contributed by atoms with E-state index in [4.69, 9.17) is 28.9 Å². The lowest BCUT2D eigenvalue weighted by Gasteiger charge is -2.12. The Labute approximate surface area is 130 Å². The van der Waals surface area contributed by atoms with Gasteiger partial charge in [-0.2, -0.15) is 0 Å². The summed E-state index contributed by atoms with van der Waals surface area (Å²) in [6, 6.07) is 9.70. The van der Waals surface area contributed by atoms with Crippen LogP contribution in [0.4, 0.5) is 21.5 Å². The van der Waals surface area contributed by atoms with Gasteiger partial charge in [-0.3, -0.25) is 4.98 Å². The summed E-state index contributed by atoms with van der Waals surface area (Å²) >= 11 is 11.9. The number of benzene rings is 2. The number of hydrogen-bond acceptors (Lipinski definition) is 3. The number of fused-ring (bicyclic) bond motifs is 1. The third-order valence-electron chi connectivity index (χ3n) is 3.01. The molecule has 106 valence electrons. The highest BCUT2D eigenvalue weighted by Gasteiger charge is 2.12. The fourth-order valence-corrected chi connectivity index (χ4v) is 2.65. The van der Waals surface area contributed by atoms with E-state index in [1.54, 1.807) is 36.5 Å². The highest BCUT2D eigenvalue weighted by molar-refractivity contribution is 6.35. The lowest BCUT2D eigenvalue weighted by Crippen LogP contribution is -1.99. The van der Waals surface area contributed by atoms with Gasteiger partial charge in [0.25, 0.3) is 0 Å². The molecule has 0 amide bonds. The number of nitrogens with two attached hydrogens (primary N) is 1. The maximum atomic E-state index is 14.2. The van der Waals surface area contributed by atoms with Crippen molar-refractivity contribution in [3.05, 3.63) is 58.5 Å². The van der Waals surface area contributed by atoms with Gasteiger partial charge in [0.1, 0.15) is 5.69 Å². The van der Waals surface area contributed by atoms with Crippen molar-refractivity contribution < 1.29 is 4.39 Å². The number of anilines is 3. The van der Waals surface area contributed by atoms with E-state index in [1.165, 1.54) is 6.07 Å². The molecule has 0 aliphatic rings. The quantitative estimate of drug-likeness (QED) is 0.652. The van der Waals surface area contributed by atoms with E-state index >= 15 is 0 Å². The molecule has 2 aromatic carbocycles. The molecule has 1 aromatic heterocycles. The number of rotatable bonds is 2. The molecule has 3 N–H and O–H groups in total. The largest absolute Gasteiger partial charge is 0.398 e. The van der Waals surface area contributed by atoms with E-state index in [0.717, 1.165) is 0 Å². The smallest absolute Gasteiger partial charge is 0.150 e. The molecule has 3 aromatic rings. The van der Waals surface area contributed by atoms with E-state index in [2.05, 4.69) is 10.3 Å². The van der Waals surface area contributed by atoms with Gasteiger partial charge >= 0.3 is 0 Å². The normalized spacial score (nSPS) is 10.8. The van der Waals surface area contributed by atoms with Crippen LogP contribution in [-0.4, -0.2) is 4.98 Å². The first-order chi connectivity index (χ1) is 10.0. The van der Waals surface area contributed by atoms with Crippen LogP contribution in [0.3, 0.4) is 0 Å². The average molecular weight is 322 g/mol.